The molecule has 1 rings (SSSR count). The molecule has 0 aliphatic heterocycles. The first-order valence-electron chi connectivity index (χ1n) is 3.25. The fourth-order valence-corrected chi connectivity index (χ4v) is 1.93. The average molecular weight is 335 g/mol. The first-order valence-corrected chi connectivity index (χ1v) is 5.37. The lowest BCUT2D eigenvalue weighted by Crippen LogP contribution is -1.96. The molecular formula is C7H4Br2ClF2N. The zero-order chi connectivity index (χ0) is 10.0. The number of nitrogens with zero attached hydrogens (tertiary/aromatic N) is 1. The van der Waals surface area contributed by atoms with Crippen LogP contribution in [0.2, 0.25) is 0 Å². The van der Waals surface area contributed by atoms with Gasteiger partial charge in [0, 0.05) is 4.47 Å². The Morgan fingerprint density at radius 2 is 2.08 bits per heavy atom. The van der Waals surface area contributed by atoms with Crippen molar-refractivity contribution in [2.45, 2.75) is 12.3 Å². The van der Waals surface area contributed by atoms with Crippen molar-refractivity contribution in [2.24, 2.45) is 0 Å². The van der Waals surface area contributed by atoms with Gasteiger partial charge in [-0.1, -0.05) is 0 Å². The van der Waals surface area contributed by atoms with E-state index in [1.165, 1.54) is 6.07 Å². The zero-order valence-electron chi connectivity index (χ0n) is 6.20. The summed E-state index contributed by atoms with van der Waals surface area (Å²) in [5.74, 6) is 0.0970. The van der Waals surface area contributed by atoms with Gasteiger partial charge in [-0.3, -0.25) is 0 Å². The van der Waals surface area contributed by atoms with Gasteiger partial charge in [-0.2, -0.15) is 0 Å². The van der Waals surface area contributed by atoms with Crippen LogP contribution < -0.4 is 0 Å². The van der Waals surface area contributed by atoms with Crippen LogP contribution in [0.1, 0.15) is 17.8 Å². The summed E-state index contributed by atoms with van der Waals surface area (Å²) in [7, 11) is 0. The molecule has 72 valence electrons. The van der Waals surface area contributed by atoms with Crippen molar-refractivity contribution >= 4 is 43.5 Å². The van der Waals surface area contributed by atoms with Crippen molar-refractivity contribution in [3.8, 4) is 0 Å². The van der Waals surface area contributed by atoms with Crippen LogP contribution in [0.3, 0.4) is 0 Å². The molecule has 1 aromatic heterocycles. The second-order valence-corrected chi connectivity index (χ2v) is 4.14. The Bertz CT molecular complexity index is 320. The van der Waals surface area contributed by atoms with E-state index in [1.807, 2.05) is 0 Å². The molecule has 0 aromatic carbocycles. The summed E-state index contributed by atoms with van der Waals surface area (Å²) < 4.78 is 25.7. The minimum atomic E-state index is -2.58. The van der Waals surface area contributed by atoms with Crippen molar-refractivity contribution in [1.82, 2.24) is 4.98 Å². The second-order valence-electron chi connectivity index (χ2n) is 2.22. The normalized spacial score (nSPS) is 10.9. The molecular weight excluding hydrogens is 331 g/mol. The molecule has 0 aliphatic carbocycles. The summed E-state index contributed by atoms with van der Waals surface area (Å²) in [5, 5.41) is 0. The smallest absolute Gasteiger partial charge is 0.249 e. The number of aromatic nitrogens is 1. The SMILES string of the molecule is FC(F)c1cc(Br)c(Br)c(CCl)n1. The van der Waals surface area contributed by atoms with Gasteiger partial charge in [0.1, 0.15) is 5.69 Å². The fraction of sp³-hybridized carbons (Fsp3) is 0.286. The maximum absolute atomic E-state index is 12.3. The van der Waals surface area contributed by atoms with Crippen LogP contribution in [0.25, 0.3) is 0 Å². The lowest BCUT2D eigenvalue weighted by Gasteiger charge is -2.05. The highest BCUT2D eigenvalue weighted by molar-refractivity contribution is 9.13. The molecule has 6 heteroatoms. The Morgan fingerprint density at radius 3 is 2.54 bits per heavy atom. The molecule has 1 aromatic rings. The number of rotatable bonds is 2. The van der Waals surface area contributed by atoms with E-state index in [4.69, 9.17) is 11.6 Å². The number of alkyl halides is 3. The molecule has 0 N–H and O–H groups in total. The highest BCUT2D eigenvalue weighted by Gasteiger charge is 2.14. The summed E-state index contributed by atoms with van der Waals surface area (Å²) in [6.45, 7) is 0. The maximum atomic E-state index is 12.3. The Hall–Kier alpha value is 0.260. The molecule has 0 atom stereocenters. The van der Waals surface area contributed by atoms with E-state index in [-0.39, 0.29) is 11.6 Å². The average Bonchev–Trinajstić information content (AvgIpc) is 2.09. The van der Waals surface area contributed by atoms with E-state index in [9.17, 15) is 8.78 Å². The van der Waals surface area contributed by atoms with Crippen LogP contribution in [0.15, 0.2) is 15.0 Å². The van der Waals surface area contributed by atoms with Crippen molar-refractivity contribution < 1.29 is 8.78 Å². The predicted octanol–water partition coefficient (Wildman–Crippen LogP) is 4.28. The Kier molecular flexibility index (Phi) is 4.06. The third-order valence-corrected chi connectivity index (χ3v) is 3.65. The molecule has 0 bridgehead atoms. The van der Waals surface area contributed by atoms with Gasteiger partial charge in [0.2, 0.25) is 0 Å². The van der Waals surface area contributed by atoms with E-state index < -0.39 is 6.43 Å². The van der Waals surface area contributed by atoms with E-state index in [2.05, 4.69) is 36.8 Å². The molecule has 0 unspecified atom stereocenters. The minimum Gasteiger partial charge on any atom is -0.249 e. The molecule has 0 saturated carbocycles. The summed E-state index contributed by atoms with van der Waals surface area (Å²) in [5.41, 5.74) is 0.136. The Labute approximate surface area is 95.8 Å². The fourth-order valence-electron chi connectivity index (χ4n) is 0.769. The van der Waals surface area contributed by atoms with E-state index in [1.54, 1.807) is 0 Å². The highest BCUT2D eigenvalue weighted by atomic mass is 79.9. The Morgan fingerprint density at radius 1 is 1.46 bits per heavy atom. The number of hydrogen-bond acceptors (Lipinski definition) is 1. The van der Waals surface area contributed by atoms with Crippen LogP contribution in [-0.2, 0) is 5.88 Å². The molecule has 0 spiro atoms. The van der Waals surface area contributed by atoms with Crippen LogP contribution in [0.4, 0.5) is 8.78 Å². The summed E-state index contributed by atoms with van der Waals surface area (Å²) >= 11 is 11.8. The number of pyridine rings is 1. The lowest BCUT2D eigenvalue weighted by atomic mass is 10.3. The second kappa shape index (κ2) is 4.66. The van der Waals surface area contributed by atoms with Crippen molar-refractivity contribution in [1.29, 1.82) is 0 Å². The van der Waals surface area contributed by atoms with Crippen LogP contribution >= 0.6 is 43.5 Å². The molecule has 0 saturated heterocycles. The van der Waals surface area contributed by atoms with E-state index in [0.717, 1.165) is 0 Å². The van der Waals surface area contributed by atoms with Gasteiger partial charge < -0.3 is 0 Å². The lowest BCUT2D eigenvalue weighted by molar-refractivity contribution is 0.145. The molecule has 1 heterocycles. The van der Waals surface area contributed by atoms with E-state index >= 15 is 0 Å². The molecule has 0 radical (unpaired) electrons. The molecule has 0 fully saturated rings. The first-order chi connectivity index (χ1) is 6.06. The summed E-state index contributed by atoms with van der Waals surface area (Å²) in [6, 6.07) is 1.27. The molecule has 1 nitrogen and oxygen atoms in total. The van der Waals surface area contributed by atoms with Gasteiger partial charge in [-0.05, 0) is 37.9 Å². The largest absolute Gasteiger partial charge is 0.280 e. The molecule has 0 aliphatic rings. The number of hydrogen-bond donors (Lipinski definition) is 0. The van der Waals surface area contributed by atoms with E-state index in [0.29, 0.717) is 14.6 Å². The van der Waals surface area contributed by atoms with Gasteiger partial charge in [-0.25, -0.2) is 13.8 Å². The van der Waals surface area contributed by atoms with Gasteiger partial charge >= 0.3 is 0 Å². The van der Waals surface area contributed by atoms with Crippen molar-refractivity contribution in [3.63, 3.8) is 0 Å². The first kappa shape index (κ1) is 11.3. The van der Waals surface area contributed by atoms with Crippen LogP contribution in [0, 0.1) is 0 Å². The monoisotopic (exact) mass is 333 g/mol. The van der Waals surface area contributed by atoms with Gasteiger partial charge in [-0.15, -0.1) is 11.6 Å². The zero-order valence-corrected chi connectivity index (χ0v) is 10.1. The standard InChI is InChI=1S/C7H4Br2ClF2N/c8-3-1-4(7(11)12)13-5(2-10)6(3)9/h1,7H,2H2. The van der Waals surface area contributed by atoms with Gasteiger partial charge in [0.15, 0.2) is 0 Å². The van der Waals surface area contributed by atoms with Crippen LogP contribution in [0.5, 0.6) is 0 Å². The number of halogens is 5. The maximum Gasteiger partial charge on any atom is 0.280 e. The van der Waals surface area contributed by atoms with Gasteiger partial charge in [0.05, 0.1) is 16.0 Å². The van der Waals surface area contributed by atoms with Gasteiger partial charge in [0.25, 0.3) is 6.43 Å². The molecule has 13 heavy (non-hydrogen) atoms. The quantitative estimate of drug-likeness (QED) is 0.735. The summed E-state index contributed by atoms with van der Waals surface area (Å²) in [4.78, 5) is 3.69. The third kappa shape index (κ3) is 2.60. The third-order valence-electron chi connectivity index (χ3n) is 1.35. The molecule has 0 amide bonds. The highest BCUT2D eigenvalue weighted by Crippen LogP contribution is 2.30. The predicted molar refractivity (Wildman–Crippen MR) is 54.2 cm³/mol. The van der Waals surface area contributed by atoms with Crippen LogP contribution in [-0.4, -0.2) is 4.98 Å². The summed E-state index contributed by atoms with van der Waals surface area (Å²) in [6.07, 6.45) is -2.58. The topological polar surface area (TPSA) is 12.9 Å². The Balaban J connectivity index is 3.22. The minimum absolute atomic E-state index is 0.0970. The van der Waals surface area contributed by atoms with Crippen molar-refractivity contribution in [2.75, 3.05) is 0 Å². The van der Waals surface area contributed by atoms with Crippen molar-refractivity contribution in [3.05, 3.63) is 26.4 Å².